The Balaban J connectivity index is 1.92. The van der Waals surface area contributed by atoms with Gasteiger partial charge < -0.3 is 18.9 Å². The van der Waals surface area contributed by atoms with Crippen LogP contribution >= 0.6 is 0 Å². The van der Waals surface area contributed by atoms with Crippen molar-refractivity contribution >= 4 is 12.1 Å². The summed E-state index contributed by atoms with van der Waals surface area (Å²) >= 11 is 0. The molecule has 1 aromatic carbocycles. The number of methoxy groups -OCH3 is 1. The number of hydrogen-bond acceptors (Lipinski definition) is 5. The summed E-state index contributed by atoms with van der Waals surface area (Å²) in [6.45, 7) is 8.93. The summed E-state index contributed by atoms with van der Waals surface area (Å²) in [5, 5.41) is 0. The second-order valence-corrected chi connectivity index (χ2v) is 7.98. The summed E-state index contributed by atoms with van der Waals surface area (Å²) in [4.78, 5) is 30.9. The fourth-order valence-electron chi connectivity index (χ4n) is 3.30. The largest absolute Gasteiger partial charge is 0.463 e. The van der Waals surface area contributed by atoms with Crippen molar-refractivity contribution in [1.29, 1.82) is 0 Å². The number of carbonyl (C=O) groups excluding carboxylic acids is 2. The third-order valence-corrected chi connectivity index (χ3v) is 4.72. The molecule has 0 spiro atoms. The van der Waals surface area contributed by atoms with Gasteiger partial charge in [0.05, 0.1) is 19.3 Å². The number of esters is 1. The molecule has 0 aliphatic carbocycles. The van der Waals surface area contributed by atoms with E-state index in [9.17, 15) is 9.59 Å². The van der Waals surface area contributed by atoms with Crippen LogP contribution in [0, 0.1) is 6.92 Å². The molecule has 0 saturated heterocycles. The van der Waals surface area contributed by atoms with E-state index in [1.807, 2.05) is 56.5 Å². The zero-order chi connectivity index (χ0) is 20.5. The van der Waals surface area contributed by atoms with E-state index in [0.29, 0.717) is 31.7 Å². The molecule has 0 unspecified atom stereocenters. The summed E-state index contributed by atoms with van der Waals surface area (Å²) in [5.74, 6) is -0.214. The van der Waals surface area contributed by atoms with E-state index in [-0.39, 0.29) is 11.9 Å². The molecular weight excluding hydrogens is 358 g/mol. The Bertz CT molecular complexity index is 896. The molecular formula is C21H27N3O4. The standard InChI is InChI=1S/C21H27N3O4/c1-14-8-6-7-9-15(14)12-24-17-10-11-23(20(26)28-21(2,3)4)13-16(17)22-18(24)19(25)27-5/h6-9H,10-13H2,1-5H3. The Morgan fingerprint density at radius 2 is 1.93 bits per heavy atom. The van der Waals surface area contributed by atoms with Crippen LogP contribution in [-0.4, -0.2) is 45.8 Å². The second-order valence-electron chi connectivity index (χ2n) is 7.98. The second kappa shape index (κ2) is 7.66. The summed E-state index contributed by atoms with van der Waals surface area (Å²) < 4.78 is 12.3. The Morgan fingerprint density at radius 1 is 1.21 bits per heavy atom. The van der Waals surface area contributed by atoms with Gasteiger partial charge in [0.15, 0.2) is 0 Å². The van der Waals surface area contributed by atoms with Gasteiger partial charge in [-0.2, -0.15) is 0 Å². The Hall–Kier alpha value is -2.83. The monoisotopic (exact) mass is 385 g/mol. The van der Waals surface area contributed by atoms with Crippen molar-refractivity contribution in [3.8, 4) is 0 Å². The number of imidazole rings is 1. The molecule has 28 heavy (non-hydrogen) atoms. The van der Waals surface area contributed by atoms with Gasteiger partial charge in [-0.05, 0) is 38.8 Å². The van der Waals surface area contributed by atoms with Crippen molar-refractivity contribution < 1.29 is 19.1 Å². The zero-order valence-electron chi connectivity index (χ0n) is 17.1. The van der Waals surface area contributed by atoms with E-state index >= 15 is 0 Å². The average molecular weight is 385 g/mol. The zero-order valence-corrected chi connectivity index (χ0v) is 17.1. The average Bonchev–Trinajstić information content (AvgIpc) is 2.99. The van der Waals surface area contributed by atoms with Gasteiger partial charge in [0, 0.05) is 25.2 Å². The molecule has 1 aromatic heterocycles. The van der Waals surface area contributed by atoms with Gasteiger partial charge >= 0.3 is 12.1 Å². The minimum atomic E-state index is -0.557. The van der Waals surface area contributed by atoms with Crippen molar-refractivity contribution in [3.05, 3.63) is 52.6 Å². The molecule has 0 N–H and O–H groups in total. The molecule has 2 aromatic rings. The molecule has 1 aliphatic heterocycles. The van der Waals surface area contributed by atoms with Crippen LogP contribution in [0.15, 0.2) is 24.3 Å². The molecule has 7 heteroatoms. The topological polar surface area (TPSA) is 73.7 Å². The lowest BCUT2D eigenvalue weighted by atomic mass is 10.1. The van der Waals surface area contributed by atoms with E-state index < -0.39 is 11.6 Å². The minimum absolute atomic E-state index is 0.266. The van der Waals surface area contributed by atoms with E-state index in [0.717, 1.165) is 16.8 Å². The Labute approximate surface area is 165 Å². The van der Waals surface area contributed by atoms with Gasteiger partial charge in [0.25, 0.3) is 0 Å². The summed E-state index contributed by atoms with van der Waals surface area (Å²) in [6, 6.07) is 8.05. The van der Waals surface area contributed by atoms with Crippen LogP contribution in [0.4, 0.5) is 4.79 Å². The molecule has 0 radical (unpaired) electrons. The van der Waals surface area contributed by atoms with Crippen LogP contribution in [-0.2, 0) is 29.0 Å². The first-order valence-electron chi connectivity index (χ1n) is 9.38. The molecule has 150 valence electrons. The molecule has 3 rings (SSSR count). The number of aryl methyl sites for hydroxylation is 1. The van der Waals surface area contributed by atoms with E-state index in [1.165, 1.54) is 7.11 Å². The van der Waals surface area contributed by atoms with Crippen molar-refractivity contribution in [2.45, 2.75) is 52.8 Å². The van der Waals surface area contributed by atoms with Gasteiger partial charge in [0.1, 0.15) is 5.60 Å². The molecule has 0 fully saturated rings. The fourth-order valence-corrected chi connectivity index (χ4v) is 3.30. The summed E-state index contributed by atoms with van der Waals surface area (Å²) in [6.07, 6.45) is 0.232. The molecule has 1 aliphatic rings. The SMILES string of the molecule is COC(=O)c1nc2c(n1Cc1ccccc1C)CCN(C(=O)OC(C)(C)C)C2. The van der Waals surface area contributed by atoms with Gasteiger partial charge in [-0.15, -0.1) is 0 Å². The number of carbonyl (C=O) groups is 2. The van der Waals surface area contributed by atoms with Crippen LogP contribution in [0.2, 0.25) is 0 Å². The lowest BCUT2D eigenvalue weighted by Crippen LogP contribution is -2.40. The molecule has 0 bridgehead atoms. The maximum atomic E-state index is 12.4. The molecule has 7 nitrogen and oxygen atoms in total. The number of fused-ring (bicyclic) bond motifs is 1. The maximum absolute atomic E-state index is 12.4. The number of ether oxygens (including phenoxy) is 2. The third-order valence-electron chi connectivity index (χ3n) is 4.72. The highest BCUT2D eigenvalue weighted by Crippen LogP contribution is 2.24. The minimum Gasteiger partial charge on any atom is -0.463 e. The van der Waals surface area contributed by atoms with Crippen molar-refractivity contribution in [2.75, 3.05) is 13.7 Å². The highest BCUT2D eigenvalue weighted by Gasteiger charge is 2.31. The number of nitrogens with zero attached hydrogens (tertiary/aromatic N) is 3. The van der Waals surface area contributed by atoms with Crippen LogP contribution < -0.4 is 0 Å². The number of hydrogen-bond donors (Lipinski definition) is 0. The first-order valence-corrected chi connectivity index (χ1v) is 9.38. The maximum Gasteiger partial charge on any atom is 0.410 e. The number of amides is 1. The smallest absolute Gasteiger partial charge is 0.410 e. The predicted molar refractivity (Wildman–Crippen MR) is 104 cm³/mol. The molecule has 1 amide bonds. The normalized spacial score (nSPS) is 13.8. The summed E-state index contributed by atoms with van der Waals surface area (Å²) in [5.41, 5.74) is 3.38. The predicted octanol–water partition coefficient (Wildman–Crippen LogP) is 3.32. The van der Waals surface area contributed by atoms with Crippen molar-refractivity contribution in [2.24, 2.45) is 0 Å². The van der Waals surface area contributed by atoms with Crippen LogP contribution in [0.1, 0.15) is 53.9 Å². The Morgan fingerprint density at radius 3 is 2.57 bits per heavy atom. The fraction of sp³-hybridized carbons (Fsp3) is 0.476. The van der Waals surface area contributed by atoms with Crippen LogP contribution in [0.3, 0.4) is 0 Å². The first kappa shape index (κ1) is 19.9. The molecule has 2 heterocycles. The van der Waals surface area contributed by atoms with Gasteiger partial charge in [0.2, 0.25) is 5.82 Å². The van der Waals surface area contributed by atoms with Crippen LogP contribution in [0.25, 0.3) is 0 Å². The van der Waals surface area contributed by atoms with Crippen molar-refractivity contribution in [3.63, 3.8) is 0 Å². The molecule has 0 saturated carbocycles. The lowest BCUT2D eigenvalue weighted by molar-refractivity contribution is 0.0220. The highest BCUT2D eigenvalue weighted by molar-refractivity contribution is 5.86. The quantitative estimate of drug-likeness (QED) is 0.758. The van der Waals surface area contributed by atoms with Crippen LogP contribution in [0.5, 0.6) is 0 Å². The number of rotatable bonds is 3. The molecule has 0 atom stereocenters. The van der Waals surface area contributed by atoms with Gasteiger partial charge in [-0.25, -0.2) is 14.6 Å². The highest BCUT2D eigenvalue weighted by atomic mass is 16.6. The number of benzene rings is 1. The summed E-state index contributed by atoms with van der Waals surface area (Å²) in [7, 11) is 1.35. The van der Waals surface area contributed by atoms with Gasteiger partial charge in [-0.3, -0.25) is 0 Å². The first-order chi connectivity index (χ1) is 13.2. The number of aromatic nitrogens is 2. The third kappa shape index (κ3) is 4.18. The van der Waals surface area contributed by atoms with Crippen molar-refractivity contribution in [1.82, 2.24) is 14.5 Å². The van der Waals surface area contributed by atoms with E-state index in [4.69, 9.17) is 9.47 Å². The van der Waals surface area contributed by atoms with E-state index in [2.05, 4.69) is 4.98 Å². The lowest BCUT2D eigenvalue weighted by Gasteiger charge is -2.30. The Kier molecular flexibility index (Phi) is 5.45. The van der Waals surface area contributed by atoms with E-state index in [1.54, 1.807) is 4.90 Å². The van der Waals surface area contributed by atoms with Gasteiger partial charge in [-0.1, -0.05) is 24.3 Å².